The lowest BCUT2D eigenvalue weighted by Gasteiger charge is -2.29. The smallest absolute Gasteiger partial charge is 0.225 e. The Labute approximate surface area is 87.5 Å². The zero-order chi connectivity index (χ0) is 9.97. The largest absolute Gasteiger partial charge is 0.391 e. The van der Waals surface area contributed by atoms with Crippen LogP contribution in [0.1, 0.15) is 12.8 Å². The molecule has 1 aliphatic heterocycles. The number of hydrogen-bond acceptors (Lipinski definition) is 4. The van der Waals surface area contributed by atoms with Gasteiger partial charge in [-0.05, 0) is 12.8 Å². The lowest BCUT2D eigenvalue weighted by molar-refractivity contribution is 0.153. The molecule has 0 radical (unpaired) electrons. The molecule has 1 atom stereocenters. The quantitative estimate of drug-likeness (QED) is 0.759. The number of piperidine rings is 1. The van der Waals surface area contributed by atoms with Crippen molar-refractivity contribution in [1.29, 1.82) is 0 Å². The lowest BCUT2D eigenvalue weighted by Crippen LogP contribution is -2.39. The summed E-state index contributed by atoms with van der Waals surface area (Å²) >= 11 is 5.69. The average molecular weight is 214 g/mol. The van der Waals surface area contributed by atoms with Crippen molar-refractivity contribution in [3.63, 3.8) is 0 Å². The fourth-order valence-electron chi connectivity index (χ4n) is 1.61. The summed E-state index contributed by atoms with van der Waals surface area (Å²) in [5.74, 6) is 0.646. The zero-order valence-electron chi connectivity index (χ0n) is 7.73. The van der Waals surface area contributed by atoms with E-state index in [1.807, 2.05) is 4.90 Å². The van der Waals surface area contributed by atoms with Gasteiger partial charge in [0.15, 0.2) is 0 Å². The summed E-state index contributed by atoms with van der Waals surface area (Å²) in [4.78, 5) is 10.2. The molecule has 0 aromatic carbocycles. The van der Waals surface area contributed by atoms with Crippen LogP contribution in [0.15, 0.2) is 12.4 Å². The standard InChI is InChI=1S/C9H12ClN3O/c10-7-4-11-9(12-5-7)13-3-1-2-8(14)6-13/h4-5,8,14H,1-3,6H2. The summed E-state index contributed by atoms with van der Waals surface area (Å²) in [5.41, 5.74) is 0. The fraction of sp³-hybridized carbons (Fsp3) is 0.556. The first kappa shape index (κ1) is 9.68. The Kier molecular flexibility index (Phi) is 2.84. The predicted molar refractivity (Wildman–Crippen MR) is 54.5 cm³/mol. The van der Waals surface area contributed by atoms with Gasteiger partial charge in [-0.25, -0.2) is 9.97 Å². The first-order valence-electron chi connectivity index (χ1n) is 4.66. The SMILES string of the molecule is OC1CCCN(c2ncc(Cl)cn2)C1. The first-order valence-corrected chi connectivity index (χ1v) is 5.04. The highest BCUT2D eigenvalue weighted by molar-refractivity contribution is 6.30. The maximum atomic E-state index is 9.47. The van der Waals surface area contributed by atoms with Crippen molar-refractivity contribution in [2.75, 3.05) is 18.0 Å². The van der Waals surface area contributed by atoms with Gasteiger partial charge in [-0.1, -0.05) is 11.6 Å². The monoisotopic (exact) mass is 213 g/mol. The number of hydrogen-bond donors (Lipinski definition) is 1. The van der Waals surface area contributed by atoms with Crippen LogP contribution in [0.5, 0.6) is 0 Å². The zero-order valence-corrected chi connectivity index (χ0v) is 8.48. The Morgan fingerprint density at radius 2 is 2.14 bits per heavy atom. The molecular formula is C9H12ClN3O. The summed E-state index contributed by atoms with van der Waals surface area (Å²) < 4.78 is 0. The molecule has 0 amide bonds. The summed E-state index contributed by atoms with van der Waals surface area (Å²) in [6, 6.07) is 0. The average Bonchev–Trinajstić information content (AvgIpc) is 2.19. The minimum atomic E-state index is -0.261. The number of aromatic nitrogens is 2. The third-order valence-electron chi connectivity index (χ3n) is 2.29. The third kappa shape index (κ3) is 2.13. The molecule has 1 N–H and O–H groups in total. The van der Waals surface area contributed by atoms with E-state index in [1.165, 1.54) is 0 Å². The van der Waals surface area contributed by atoms with Crippen LogP contribution < -0.4 is 4.90 Å². The molecule has 0 bridgehead atoms. The van der Waals surface area contributed by atoms with Gasteiger partial charge in [-0.2, -0.15) is 0 Å². The molecule has 0 spiro atoms. The molecule has 1 aromatic rings. The van der Waals surface area contributed by atoms with Gasteiger partial charge in [0.25, 0.3) is 0 Å². The van der Waals surface area contributed by atoms with Crippen molar-refractivity contribution in [3.05, 3.63) is 17.4 Å². The molecule has 0 aliphatic carbocycles. The van der Waals surface area contributed by atoms with Gasteiger partial charge in [-0.3, -0.25) is 0 Å². The summed E-state index contributed by atoms with van der Waals surface area (Å²) in [6.07, 6.45) is 4.73. The number of rotatable bonds is 1. The number of anilines is 1. The summed E-state index contributed by atoms with van der Waals surface area (Å²) in [6.45, 7) is 1.51. The van der Waals surface area contributed by atoms with E-state index in [1.54, 1.807) is 12.4 Å². The number of halogens is 1. The van der Waals surface area contributed by atoms with Crippen molar-refractivity contribution >= 4 is 17.5 Å². The van der Waals surface area contributed by atoms with Crippen LogP contribution in [0, 0.1) is 0 Å². The molecule has 2 heterocycles. The van der Waals surface area contributed by atoms with Crippen LogP contribution in [0.2, 0.25) is 5.02 Å². The van der Waals surface area contributed by atoms with Gasteiger partial charge < -0.3 is 10.0 Å². The van der Waals surface area contributed by atoms with Crippen LogP contribution in [0.3, 0.4) is 0 Å². The van der Waals surface area contributed by atoms with Crippen molar-refractivity contribution in [2.45, 2.75) is 18.9 Å². The molecular weight excluding hydrogens is 202 g/mol. The molecule has 4 nitrogen and oxygen atoms in total. The van der Waals surface area contributed by atoms with Gasteiger partial charge in [-0.15, -0.1) is 0 Å². The molecule has 1 saturated heterocycles. The molecule has 5 heteroatoms. The third-order valence-corrected chi connectivity index (χ3v) is 2.48. The van der Waals surface area contributed by atoms with E-state index in [4.69, 9.17) is 11.6 Å². The highest BCUT2D eigenvalue weighted by Crippen LogP contribution is 2.16. The minimum Gasteiger partial charge on any atom is -0.391 e. The second kappa shape index (κ2) is 4.11. The van der Waals surface area contributed by atoms with Crippen LogP contribution in [0.4, 0.5) is 5.95 Å². The predicted octanol–water partition coefficient (Wildman–Crippen LogP) is 1.09. The first-order chi connectivity index (χ1) is 6.75. The van der Waals surface area contributed by atoms with Crippen molar-refractivity contribution < 1.29 is 5.11 Å². The molecule has 76 valence electrons. The van der Waals surface area contributed by atoms with E-state index < -0.39 is 0 Å². The van der Waals surface area contributed by atoms with Crippen molar-refractivity contribution in [2.24, 2.45) is 0 Å². The van der Waals surface area contributed by atoms with Gasteiger partial charge in [0.2, 0.25) is 5.95 Å². The van der Waals surface area contributed by atoms with E-state index >= 15 is 0 Å². The summed E-state index contributed by atoms with van der Waals surface area (Å²) in [7, 11) is 0. The summed E-state index contributed by atoms with van der Waals surface area (Å²) in [5, 5.41) is 10.0. The minimum absolute atomic E-state index is 0.261. The van der Waals surface area contributed by atoms with E-state index in [0.717, 1.165) is 19.4 Å². The number of nitrogens with zero attached hydrogens (tertiary/aromatic N) is 3. The van der Waals surface area contributed by atoms with Gasteiger partial charge in [0, 0.05) is 13.1 Å². The maximum absolute atomic E-state index is 9.47. The highest BCUT2D eigenvalue weighted by atomic mass is 35.5. The normalized spacial score (nSPS) is 22.4. The molecule has 1 fully saturated rings. The number of β-amino-alcohol motifs (C(OH)–C–C–N with tert-alkyl or cyclic N) is 1. The topological polar surface area (TPSA) is 49.2 Å². The van der Waals surface area contributed by atoms with E-state index in [-0.39, 0.29) is 6.10 Å². The van der Waals surface area contributed by atoms with Crippen LogP contribution in [0.25, 0.3) is 0 Å². The van der Waals surface area contributed by atoms with Gasteiger partial charge in [0.05, 0.1) is 23.5 Å². The Bertz CT molecular complexity index is 303. The molecule has 14 heavy (non-hydrogen) atoms. The Morgan fingerprint density at radius 1 is 1.43 bits per heavy atom. The Morgan fingerprint density at radius 3 is 2.79 bits per heavy atom. The van der Waals surface area contributed by atoms with Crippen molar-refractivity contribution in [1.82, 2.24) is 9.97 Å². The lowest BCUT2D eigenvalue weighted by atomic mass is 10.1. The second-order valence-corrected chi connectivity index (χ2v) is 3.88. The van der Waals surface area contributed by atoms with Gasteiger partial charge in [0.1, 0.15) is 0 Å². The molecule has 1 aromatic heterocycles. The van der Waals surface area contributed by atoms with E-state index in [9.17, 15) is 5.11 Å². The fourth-order valence-corrected chi connectivity index (χ4v) is 1.70. The van der Waals surface area contributed by atoms with Crippen LogP contribution >= 0.6 is 11.6 Å². The van der Waals surface area contributed by atoms with Crippen LogP contribution in [-0.4, -0.2) is 34.3 Å². The number of aliphatic hydroxyl groups is 1. The molecule has 0 saturated carbocycles. The molecule has 2 rings (SSSR count). The van der Waals surface area contributed by atoms with Gasteiger partial charge >= 0.3 is 0 Å². The Balaban J connectivity index is 2.10. The maximum Gasteiger partial charge on any atom is 0.225 e. The molecule has 1 aliphatic rings. The highest BCUT2D eigenvalue weighted by Gasteiger charge is 2.19. The second-order valence-electron chi connectivity index (χ2n) is 3.44. The number of aliphatic hydroxyl groups excluding tert-OH is 1. The Hall–Kier alpha value is -0.870. The van der Waals surface area contributed by atoms with E-state index in [2.05, 4.69) is 9.97 Å². The van der Waals surface area contributed by atoms with Crippen molar-refractivity contribution in [3.8, 4) is 0 Å². The van der Waals surface area contributed by atoms with Crippen LogP contribution in [-0.2, 0) is 0 Å². The molecule has 1 unspecified atom stereocenters. The van der Waals surface area contributed by atoms with E-state index in [0.29, 0.717) is 17.5 Å².